The molecule has 3 nitrogen and oxygen atoms in total. The second kappa shape index (κ2) is 3.44. The number of thiazole rings is 1. The summed E-state index contributed by atoms with van der Waals surface area (Å²) in [4.78, 5) is 5.18. The van der Waals surface area contributed by atoms with E-state index in [-0.39, 0.29) is 5.92 Å². The molecule has 4 heteroatoms. The largest absolute Gasteiger partial charge is 0.387 e. The molecular formula is C9H10N2OS. The normalized spacial score (nSPS) is 26.5. The van der Waals surface area contributed by atoms with Crippen molar-refractivity contribution < 1.29 is 5.11 Å². The SMILES string of the molecule is N#CCC1Cc2ncsc2C(O)C1. The number of nitrogens with zero attached hydrogens (tertiary/aromatic N) is 2. The molecule has 1 aliphatic carbocycles. The molecular weight excluding hydrogens is 184 g/mol. The lowest BCUT2D eigenvalue weighted by molar-refractivity contribution is 0.136. The van der Waals surface area contributed by atoms with Crippen LogP contribution in [0.25, 0.3) is 0 Å². The van der Waals surface area contributed by atoms with Crippen molar-refractivity contribution >= 4 is 11.3 Å². The van der Waals surface area contributed by atoms with Crippen LogP contribution in [0.15, 0.2) is 5.51 Å². The first-order chi connectivity index (χ1) is 6.31. The highest BCUT2D eigenvalue weighted by Crippen LogP contribution is 2.36. The molecule has 1 aromatic rings. The Morgan fingerprint density at radius 2 is 2.62 bits per heavy atom. The van der Waals surface area contributed by atoms with Crippen LogP contribution >= 0.6 is 11.3 Å². The molecule has 0 radical (unpaired) electrons. The van der Waals surface area contributed by atoms with Crippen molar-refractivity contribution in [1.29, 1.82) is 5.26 Å². The molecule has 0 amide bonds. The average Bonchev–Trinajstić information content (AvgIpc) is 2.53. The Balaban J connectivity index is 2.20. The summed E-state index contributed by atoms with van der Waals surface area (Å²) in [6, 6.07) is 2.15. The molecule has 1 N–H and O–H groups in total. The Kier molecular flexibility index (Phi) is 2.30. The highest BCUT2D eigenvalue weighted by molar-refractivity contribution is 7.09. The summed E-state index contributed by atoms with van der Waals surface area (Å²) in [6.07, 6.45) is 1.69. The predicted molar refractivity (Wildman–Crippen MR) is 49.1 cm³/mol. The van der Waals surface area contributed by atoms with Crippen molar-refractivity contribution in [2.45, 2.75) is 25.4 Å². The van der Waals surface area contributed by atoms with Gasteiger partial charge in [-0.1, -0.05) is 0 Å². The molecule has 2 unspecified atom stereocenters. The highest BCUT2D eigenvalue weighted by atomic mass is 32.1. The van der Waals surface area contributed by atoms with Gasteiger partial charge in [-0.2, -0.15) is 5.26 Å². The first kappa shape index (κ1) is 8.67. The summed E-state index contributed by atoms with van der Waals surface area (Å²) in [7, 11) is 0. The number of aliphatic hydroxyl groups is 1. The second-order valence-corrected chi connectivity index (χ2v) is 4.23. The van der Waals surface area contributed by atoms with E-state index in [0.717, 1.165) is 17.0 Å². The summed E-state index contributed by atoms with van der Waals surface area (Å²) >= 11 is 1.51. The van der Waals surface area contributed by atoms with Gasteiger partial charge in [-0.3, -0.25) is 0 Å². The van der Waals surface area contributed by atoms with Gasteiger partial charge in [0.2, 0.25) is 0 Å². The molecule has 0 bridgehead atoms. The van der Waals surface area contributed by atoms with Crippen LogP contribution in [0.4, 0.5) is 0 Å². The van der Waals surface area contributed by atoms with Gasteiger partial charge in [-0.05, 0) is 18.8 Å². The third-order valence-electron chi connectivity index (χ3n) is 2.39. The molecule has 1 aliphatic rings. The molecule has 68 valence electrons. The first-order valence-corrected chi connectivity index (χ1v) is 5.16. The first-order valence-electron chi connectivity index (χ1n) is 4.28. The predicted octanol–water partition coefficient (Wildman–Crippen LogP) is 1.65. The van der Waals surface area contributed by atoms with Crippen molar-refractivity contribution in [3.05, 3.63) is 16.1 Å². The summed E-state index contributed by atoms with van der Waals surface area (Å²) in [6.45, 7) is 0. The fourth-order valence-corrected chi connectivity index (χ4v) is 2.59. The van der Waals surface area contributed by atoms with Crippen LogP contribution in [-0.2, 0) is 6.42 Å². The number of fused-ring (bicyclic) bond motifs is 1. The summed E-state index contributed by atoms with van der Waals surface area (Å²) in [5, 5.41) is 18.3. The third kappa shape index (κ3) is 1.58. The van der Waals surface area contributed by atoms with Gasteiger partial charge in [0, 0.05) is 6.42 Å². The van der Waals surface area contributed by atoms with E-state index in [9.17, 15) is 5.11 Å². The maximum absolute atomic E-state index is 9.71. The number of nitriles is 1. The van der Waals surface area contributed by atoms with Crippen LogP contribution < -0.4 is 0 Å². The zero-order chi connectivity index (χ0) is 9.26. The van der Waals surface area contributed by atoms with E-state index in [0.29, 0.717) is 12.8 Å². The number of aliphatic hydroxyl groups excluding tert-OH is 1. The van der Waals surface area contributed by atoms with Gasteiger partial charge in [0.15, 0.2) is 0 Å². The van der Waals surface area contributed by atoms with E-state index >= 15 is 0 Å². The van der Waals surface area contributed by atoms with Gasteiger partial charge in [-0.25, -0.2) is 4.98 Å². The summed E-state index contributed by atoms with van der Waals surface area (Å²) < 4.78 is 0. The highest BCUT2D eigenvalue weighted by Gasteiger charge is 2.27. The van der Waals surface area contributed by atoms with Crippen LogP contribution in [0.5, 0.6) is 0 Å². The van der Waals surface area contributed by atoms with E-state index < -0.39 is 6.10 Å². The molecule has 0 saturated heterocycles. The Morgan fingerprint density at radius 3 is 3.38 bits per heavy atom. The van der Waals surface area contributed by atoms with E-state index in [1.54, 1.807) is 5.51 Å². The van der Waals surface area contributed by atoms with Crippen molar-refractivity contribution in [2.75, 3.05) is 0 Å². The Hall–Kier alpha value is -0.920. The van der Waals surface area contributed by atoms with Crippen LogP contribution in [0.3, 0.4) is 0 Å². The summed E-state index contributed by atoms with van der Waals surface area (Å²) in [5.41, 5.74) is 2.76. The molecule has 0 fully saturated rings. The van der Waals surface area contributed by atoms with Gasteiger partial charge in [0.25, 0.3) is 0 Å². The molecule has 0 spiro atoms. The second-order valence-electron chi connectivity index (χ2n) is 3.35. The molecule has 0 saturated carbocycles. The quantitative estimate of drug-likeness (QED) is 0.739. The van der Waals surface area contributed by atoms with E-state index in [1.165, 1.54) is 11.3 Å². The van der Waals surface area contributed by atoms with Crippen LogP contribution in [-0.4, -0.2) is 10.1 Å². The standard InChI is InChI=1S/C9H10N2OS/c10-2-1-6-3-7-9(8(12)4-6)13-5-11-7/h5-6,8,12H,1,3-4H2. The van der Waals surface area contributed by atoms with Gasteiger partial charge in [0.05, 0.1) is 28.3 Å². The molecule has 1 heterocycles. The monoisotopic (exact) mass is 194 g/mol. The molecule has 0 aliphatic heterocycles. The number of hydrogen-bond acceptors (Lipinski definition) is 4. The minimum absolute atomic E-state index is 0.287. The van der Waals surface area contributed by atoms with Gasteiger partial charge in [0.1, 0.15) is 0 Å². The molecule has 2 rings (SSSR count). The fourth-order valence-electron chi connectivity index (χ4n) is 1.77. The zero-order valence-corrected chi connectivity index (χ0v) is 7.92. The summed E-state index contributed by atoms with van der Waals surface area (Å²) in [5.74, 6) is 0.287. The van der Waals surface area contributed by atoms with Crippen LogP contribution in [0, 0.1) is 17.2 Å². The molecule has 13 heavy (non-hydrogen) atoms. The number of rotatable bonds is 1. The minimum Gasteiger partial charge on any atom is -0.387 e. The zero-order valence-electron chi connectivity index (χ0n) is 7.10. The lowest BCUT2D eigenvalue weighted by Crippen LogP contribution is -2.16. The third-order valence-corrected chi connectivity index (χ3v) is 3.37. The fraction of sp³-hybridized carbons (Fsp3) is 0.556. The van der Waals surface area contributed by atoms with Crippen molar-refractivity contribution in [1.82, 2.24) is 4.98 Å². The van der Waals surface area contributed by atoms with Crippen LogP contribution in [0.1, 0.15) is 29.5 Å². The number of hydrogen-bond donors (Lipinski definition) is 1. The average molecular weight is 194 g/mol. The lowest BCUT2D eigenvalue weighted by atomic mass is 9.87. The van der Waals surface area contributed by atoms with E-state index in [1.807, 2.05) is 0 Å². The van der Waals surface area contributed by atoms with Gasteiger partial charge in [-0.15, -0.1) is 11.3 Å². The van der Waals surface area contributed by atoms with Crippen LogP contribution in [0.2, 0.25) is 0 Å². The molecule has 0 aromatic carbocycles. The minimum atomic E-state index is -0.394. The smallest absolute Gasteiger partial charge is 0.0904 e. The maximum atomic E-state index is 9.71. The Bertz CT molecular complexity index is 342. The molecule has 1 aromatic heterocycles. The Labute approximate surface area is 80.7 Å². The Morgan fingerprint density at radius 1 is 1.77 bits per heavy atom. The van der Waals surface area contributed by atoms with E-state index in [4.69, 9.17) is 5.26 Å². The van der Waals surface area contributed by atoms with Crippen molar-refractivity contribution in [3.8, 4) is 6.07 Å². The van der Waals surface area contributed by atoms with Crippen molar-refractivity contribution in [2.24, 2.45) is 5.92 Å². The maximum Gasteiger partial charge on any atom is 0.0904 e. The van der Waals surface area contributed by atoms with Crippen molar-refractivity contribution in [3.63, 3.8) is 0 Å². The van der Waals surface area contributed by atoms with E-state index in [2.05, 4.69) is 11.1 Å². The van der Waals surface area contributed by atoms with Gasteiger partial charge >= 0.3 is 0 Å². The number of aromatic nitrogens is 1. The van der Waals surface area contributed by atoms with Gasteiger partial charge < -0.3 is 5.11 Å². The topological polar surface area (TPSA) is 56.9 Å². The molecule has 2 atom stereocenters. The lowest BCUT2D eigenvalue weighted by Gasteiger charge is -2.22.